The zero-order valence-electron chi connectivity index (χ0n) is 8.20. The summed E-state index contributed by atoms with van der Waals surface area (Å²) < 4.78 is 5.11. The quantitative estimate of drug-likeness (QED) is 0.464. The fourth-order valence-corrected chi connectivity index (χ4v) is 1.26. The lowest BCUT2D eigenvalue weighted by molar-refractivity contribution is -0.0399. The molecule has 4 nitrogen and oxygen atoms in total. The number of ether oxygens (including phenoxy) is 1. The Morgan fingerprint density at radius 1 is 1.15 bits per heavy atom. The van der Waals surface area contributed by atoms with Crippen LogP contribution in [0.2, 0.25) is 0 Å². The third-order valence-electron chi connectivity index (χ3n) is 2.10. The van der Waals surface area contributed by atoms with E-state index in [0.29, 0.717) is 6.61 Å². The minimum atomic E-state index is -0.538. The van der Waals surface area contributed by atoms with Crippen molar-refractivity contribution >= 4 is 0 Å². The van der Waals surface area contributed by atoms with E-state index >= 15 is 0 Å². The molecule has 0 rings (SSSR count). The normalized spacial score (nSPS) is 12.0. The summed E-state index contributed by atoms with van der Waals surface area (Å²) in [5.41, 5.74) is -0.538. The molecule has 0 fully saturated rings. The van der Waals surface area contributed by atoms with Gasteiger partial charge in [-0.3, -0.25) is 0 Å². The Kier molecular flexibility index (Phi) is 7.17. The third-order valence-corrected chi connectivity index (χ3v) is 2.10. The van der Waals surface area contributed by atoms with E-state index in [0.717, 1.165) is 12.8 Å². The summed E-state index contributed by atoms with van der Waals surface area (Å²) in [6.07, 6.45) is 1.62. The average Bonchev–Trinajstić information content (AvgIpc) is 2.17. The highest BCUT2D eigenvalue weighted by Gasteiger charge is 2.27. The van der Waals surface area contributed by atoms with E-state index in [1.54, 1.807) is 0 Å². The smallest absolute Gasteiger partial charge is 0.0698 e. The molecule has 0 unspecified atom stereocenters. The van der Waals surface area contributed by atoms with Crippen LogP contribution in [0.5, 0.6) is 0 Å². The van der Waals surface area contributed by atoms with Gasteiger partial charge in [-0.1, -0.05) is 13.3 Å². The first kappa shape index (κ1) is 12.8. The SMILES string of the molecule is CCCC(CO)(CO)COCCO. The maximum atomic E-state index is 9.10. The summed E-state index contributed by atoms with van der Waals surface area (Å²) in [5, 5.41) is 26.7. The van der Waals surface area contributed by atoms with Crippen molar-refractivity contribution in [2.45, 2.75) is 19.8 Å². The molecule has 0 aromatic heterocycles. The van der Waals surface area contributed by atoms with Crippen LogP contribution in [0.15, 0.2) is 0 Å². The van der Waals surface area contributed by atoms with Gasteiger partial charge in [-0.25, -0.2) is 0 Å². The Labute approximate surface area is 79.2 Å². The van der Waals surface area contributed by atoms with Crippen molar-refractivity contribution in [2.24, 2.45) is 5.41 Å². The van der Waals surface area contributed by atoms with Crippen molar-refractivity contribution in [3.8, 4) is 0 Å². The molecule has 0 aromatic rings. The van der Waals surface area contributed by atoms with Crippen LogP contribution < -0.4 is 0 Å². The van der Waals surface area contributed by atoms with Crippen molar-refractivity contribution in [1.29, 1.82) is 0 Å². The first-order valence-corrected chi connectivity index (χ1v) is 4.65. The first-order valence-electron chi connectivity index (χ1n) is 4.65. The standard InChI is InChI=1S/C9H20O4/c1-2-3-9(6-11,7-12)8-13-5-4-10/h10-12H,2-8H2,1H3. The lowest BCUT2D eigenvalue weighted by Crippen LogP contribution is -2.35. The lowest BCUT2D eigenvalue weighted by atomic mass is 9.86. The first-order chi connectivity index (χ1) is 6.24. The zero-order valence-corrected chi connectivity index (χ0v) is 8.20. The second kappa shape index (κ2) is 7.26. The van der Waals surface area contributed by atoms with Crippen LogP contribution in [-0.4, -0.2) is 48.4 Å². The maximum Gasteiger partial charge on any atom is 0.0698 e. The molecule has 0 aliphatic rings. The van der Waals surface area contributed by atoms with Crippen LogP contribution in [0.4, 0.5) is 0 Å². The summed E-state index contributed by atoms with van der Waals surface area (Å²) >= 11 is 0. The molecule has 0 amide bonds. The van der Waals surface area contributed by atoms with E-state index in [1.165, 1.54) is 0 Å². The van der Waals surface area contributed by atoms with Crippen LogP contribution in [-0.2, 0) is 4.74 Å². The van der Waals surface area contributed by atoms with Crippen LogP contribution in [0.3, 0.4) is 0 Å². The van der Waals surface area contributed by atoms with Gasteiger partial charge in [0, 0.05) is 5.41 Å². The minimum Gasteiger partial charge on any atom is -0.396 e. The fourth-order valence-electron chi connectivity index (χ4n) is 1.26. The molecule has 0 bridgehead atoms. The Balaban J connectivity index is 3.89. The highest BCUT2D eigenvalue weighted by Crippen LogP contribution is 2.22. The van der Waals surface area contributed by atoms with E-state index in [9.17, 15) is 0 Å². The topological polar surface area (TPSA) is 69.9 Å². The van der Waals surface area contributed by atoms with Crippen molar-refractivity contribution in [2.75, 3.05) is 33.0 Å². The number of rotatable bonds is 8. The maximum absolute atomic E-state index is 9.10. The lowest BCUT2D eigenvalue weighted by Gasteiger charge is -2.28. The van der Waals surface area contributed by atoms with Crippen LogP contribution in [0.1, 0.15) is 19.8 Å². The van der Waals surface area contributed by atoms with Gasteiger partial charge in [0.25, 0.3) is 0 Å². The molecule has 0 aliphatic heterocycles. The molecule has 80 valence electrons. The summed E-state index contributed by atoms with van der Waals surface area (Å²) in [7, 11) is 0. The molecule has 4 heteroatoms. The minimum absolute atomic E-state index is 0.0287. The van der Waals surface area contributed by atoms with Gasteiger partial charge >= 0.3 is 0 Å². The van der Waals surface area contributed by atoms with Crippen molar-refractivity contribution in [3.63, 3.8) is 0 Å². The molecular formula is C9H20O4. The third kappa shape index (κ3) is 4.57. The Bertz CT molecular complexity index is 112. The van der Waals surface area contributed by atoms with Gasteiger partial charge < -0.3 is 20.1 Å². The Morgan fingerprint density at radius 3 is 2.15 bits per heavy atom. The molecule has 0 spiro atoms. The summed E-state index contributed by atoms with van der Waals surface area (Å²) in [6, 6.07) is 0. The monoisotopic (exact) mass is 192 g/mol. The predicted octanol–water partition coefficient (Wildman–Crippen LogP) is -0.234. The van der Waals surface area contributed by atoms with Crippen LogP contribution in [0.25, 0.3) is 0 Å². The highest BCUT2D eigenvalue weighted by molar-refractivity contribution is 4.76. The van der Waals surface area contributed by atoms with E-state index in [-0.39, 0.29) is 26.4 Å². The van der Waals surface area contributed by atoms with Crippen LogP contribution >= 0.6 is 0 Å². The second-order valence-corrected chi connectivity index (χ2v) is 3.34. The summed E-state index contributed by atoms with van der Waals surface area (Å²) in [4.78, 5) is 0. The van der Waals surface area contributed by atoms with Gasteiger partial charge in [-0.05, 0) is 6.42 Å². The second-order valence-electron chi connectivity index (χ2n) is 3.34. The van der Waals surface area contributed by atoms with Crippen molar-refractivity contribution in [3.05, 3.63) is 0 Å². The number of aliphatic hydroxyl groups excluding tert-OH is 3. The molecule has 0 aromatic carbocycles. The molecule has 0 saturated heterocycles. The van der Waals surface area contributed by atoms with Crippen molar-refractivity contribution in [1.82, 2.24) is 0 Å². The van der Waals surface area contributed by atoms with Crippen molar-refractivity contribution < 1.29 is 20.1 Å². The Hall–Kier alpha value is -0.160. The van der Waals surface area contributed by atoms with E-state index in [2.05, 4.69) is 0 Å². The molecule has 0 aliphatic carbocycles. The number of hydrogen-bond donors (Lipinski definition) is 3. The highest BCUT2D eigenvalue weighted by atomic mass is 16.5. The van der Waals surface area contributed by atoms with E-state index < -0.39 is 5.41 Å². The summed E-state index contributed by atoms with van der Waals surface area (Å²) in [6.45, 7) is 2.36. The number of hydrogen-bond acceptors (Lipinski definition) is 4. The molecule has 3 N–H and O–H groups in total. The van der Waals surface area contributed by atoms with Gasteiger partial charge in [0.05, 0.1) is 33.0 Å². The largest absolute Gasteiger partial charge is 0.396 e. The molecule has 0 heterocycles. The van der Waals surface area contributed by atoms with Gasteiger partial charge in [-0.15, -0.1) is 0 Å². The van der Waals surface area contributed by atoms with E-state index in [1.807, 2.05) is 6.92 Å². The van der Waals surface area contributed by atoms with Gasteiger partial charge in [0.2, 0.25) is 0 Å². The molecule has 0 saturated carbocycles. The molecule has 0 atom stereocenters. The number of aliphatic hydroxyl groups is 3. The Morgan fingerprint density at radius 2 is 1.77 bits per heavy atom. The molecular weight excluding hydrogens is 172 g/mol. The fraction of sp³-hybridized carbons (Fsp3) is 1.00. The van der Waals surface area contributed by atoms with E-state index in [4.69, 9.17) is 20.1 Å². The van der Waals surface area contributed by atoms with Gasteiger partial charge in [0.15, 0.2) is 0 Å². The van der Waals surface area contributed by atoms with Crippen LogP contribution in [0, 0.1) is 5.41 Å². The molecule has 13 heavy (non-hydrogen) atoms. The van der Waals surface area contributed by atoms with Gasteiger partial charge in [0.1, 0.15) is 0 Å². The average molecular weight is 192 g/mol. The summed E-state index contributed by atoms with van der Waals surface area (Å²) in [5.74, 6) is 0. The zero-order chi connectivity index (χ0) is 10.2. The predicted molar refractivity (Wildman–Crippen MR) is 49.4 cm³/mol. The molecule has 0 radical (unpaired) electrons. The van der Waals surface area contributed by atoms with Gasteiger partial charge in [-0.2, -0.15) is 0 Å².